The van der Waals surface area contributed by atoms with E-state index in [2.05, 4.69) is 0 Å². The summed E-state index contributed by atoms with van der Waals surface area (Å²) in [6.07, 6.45) is 4.64. The van der Waals surface area contributed by atoms with Gasteiger partial charge >= 0.3 is 44.0 Å². The molecule has 0 saturated carbocycles. The summed E-state index contributed by atoms with van der Waals surface area (Å²) in [4.78, 5) is 21.5. The molecule has 0 aliphatic carbocycles. The van der Waals surface area contributed by atoms with Gasteiger partial charge in [0.1, 0.15) is 11.5 Å². The minimum Gasteiger partial charge on any atom is -0.684 e. The van der Waals surface area contributed by atoms with Gasteiger partial charge in [-0.3, -0.25) is 0 Å². The van der Waals surface area contributed by atoms with Crippen LogP contribution in [0.15, 0.2) is 57.2 Å². The number of aliphatic carboxylic acids is 2. The molecule has 12 nitrogen and oxygen atoms in total. The topological polar surface area (TPSA) is 164 Å². The smallest absolute Gasteiger partial charge is 0.684 e. The van der Waals surface area contributed by atoms with Gasteiger partial charge in [0, 0.05) is 18.2 Å². The third-order valence-corrected chi connectivity index (χ3v) is 4.88. The van der Waals surface area contributed by atoms with E-state index in [-0.39, 0.29) is 22.4 Å². The highest BCUT2D eigenvalue weighted by molar-refractivity contribution is 6.87. The zero-order valence-corrected chi connectivity index (χ0v) is 16.7. The summed E-state index contributed by atoms with van der Waals surface area (Å²) >= 11 is 0. The molecule has 15 heteroatoms. The number of benzene rings is 2. The number of carboxylic acids is 2. The molecule has 3 aliphatic heterocycles. The summed E-state index contributed by atoms with van der Waals surface area (Å²) in [5, 5.41) is 27.8. The number of hydrogen-bond donors (Lipinski definition) is 3. The number of fused-ring (bicyclic) bond motifs is 2. The van der Waals surface area contributed by atoms with Gasteiger partial charge in [0.15, 0.2) is 0 Å². The van der Waals surface area contributed by atoms with Crippen molar-refractivity contribution in [2.24, 2.45) is 0 Å². The van der Waals surface area contributed by atoms with Gasteiger partial charge in [0.25, 0.3) is 0 Å². The van der Waals surface area contributed by atoms with Crippen molar-refractivity contribution in [3.05, 3.63) is 79.2 Å². The van der Waals surface area contributed by atoms with Gasteiger partial charge in [-0.05, 0) is 41.5 Å². The summed E-state index contributed by atoms with van der Waals surface area (Å²) in [6.45, 7) is -6.17. The fourth-order valence-electron chi connectivity index (χ4n) is 3.56. The van der Waals surface area contributed by atoms with Crippen LogP contribution in [0.5, 0.6) is 11.5 Å². The van der Waals surface area contributed by atoms with Crippen molar-refractivity contribution >= 4 is 45.3 Å². The molecule has 33 heavy (non-hydrogen) atoms. The highest BCUT2D eigenvalue weighted by atomic mass is 17.0. The first-order valence-electron chi connectivity index (χ1n) is 9.75. The average molecular weight is 455 g/mol. The molecule has 3 atom stereocenters. The summed E-state index contributed by atoms with van der Waals surface area (Å²) in [5.41, 5.74) is 1.42. The quantitative estimate of drug-likeness (QED) is 0.231. The van der Waals surface area contributed by atoms with E-state index in [0.29, 0.717) is 11.1 Å². The van der Waals surface area contributed by atoms with Crippen LogP contribution in [0, 0.1) is 0 Å². The van der Waals surface area contributed by atoms with Crippen molar-refractivity contribution in [3.8, 4) is 11.5 Å². The Bertz CT molecular complexity index is 1360. The minimum absolute atomic E-state index is 0.179. The van der Waals surface area contributed by atoms with Crippen molar-refractivity contribution in [3.63, 3.8) is 0 Å². The molecular weight excluding hydrogens is 441 g/mol. The van der Waals surface area contributed by atoms with Gasteiger partial charge in [0.2, 0.25) is 0 Å². The normalized spacial score (nSPS) is 27.1. The van der Waals surface area contributed by atoms with E-state index in [1.165, 1.54) is 36.4 Å². The van der Waals surface area contributed by atoms with Gasteiger partial charge in [0.05, 0.1) is 6.07 Å². The second-order valence-corrected chi connectivity index (χ2v) is 7.23. The molecule has 1 saturated heterocycles. The molecule has 3 N–H and O–H groups in total. The third-order valence-electron chi connectivity index (χ3n) is 4.88. The largest absolute Gasteiger partial charge is 1.08 e. The monoisotopic (exact) mass is 455 g/mol. The molecule has 168 valence electrons. The highest BCUT2D eigenvalue weighted by Gasteiger charge is 2.72. The zero-order chi connectivity index (χ0) is 23.2. The number of carbonyl (C=O) groups is 2. The molecule has 0 amide bonds. The summed E-state index contributed by atoms with van der Waals surface area (Å²) < 4.78 is 39.1. The first kappa shape index (κ1) is 21.0. The first-order valence-corrected chi connectivity index (χ1v) is 9.75. The molecule has 3 unspecified atom stereocenters. The van der Waals surface area contributed by atoms with E-state index in [0.717, 1.165) is 12.2 Å². The molecule has 1 fully saturated rings. The van der Waals surface area contributed by atoms with Crippen LogP contribution in [-0.4, -0.2) is 48.4 Å². The first-order chi connectivity index (χ1) is 15.7. The Kier molecular flexibility index (Phi) is 4.83. The fourth-order valence-corrected chi connectivity index (χ4v) is 3.56. The standard InChI is InChI=1S/C18H14B3O12/c22-17(23)7-3-11-1-5-13-15(9-11)29-20(27-13)31-19(26)32-21(33-20)28-14-6-2-12(4-8-18(24)25)10-16(14)30-21/h1-10,19,26H,(H,22,23)(H,24,25)/q-1/b7-3+,8-4+. The van der Waals surface area contributed by atoms with Crippen LogP contribution in [0.2, 0.25) is 0 Å². The molecule has 3 aliphatic rings. The van der Waals surface area contributed by atoms with Crippen LogP contribution < -0.4 is 20.2 Å². The maximum Gasteiger partial charge on any atom is 1.08 e. The predicted octanol–water partition coefficient (Wildman–Crippen LogP) is -0.759. The summed E-state index contributed by atoms with van der Waals surface area (Å²) in [7, 11) is -2.82. The molecule has 0 aromatic heterocycles. The second kappa shape index (κ2) is 7.60. The van der Waals surface area contributed by atoms with Crippen molar-refractivity contribution in [1.82, 2.24) is 0 Å². The summed E-state index contributed by atoms with van der Waals surface area (Å²) in [5.74, 6) is -1.83. The lowest BCUT2D eigenvalue weighted by Gasteiger charge is -2.48. The zero-order valence-electron chi connectivity index (χ0n) is 16.7. The van der Waals surface area contributed by atoms with Crippen molar-refractivity contribution < 1.29 is 47.9 Å². The fraction of sp³-hybridized carbons (Fsp3) is 0. The molecule has 2 aromatic carbocycles. The third kappa shape index (κ3) is 4.13. The van der Waals surface area contributed by atoms with Crippen LogP contribution in [0.3, 0.4) is 0 Å². The molecule has 2 aromatic rings. The van der Waals surface area contributed by atoms with E-state index in [9.17, 15) is 14.6 Å². The average Bonchev–Trinajstić information content (AvgIpc) is 3.24. The maximum atomic E-state index is 10.7. The van der Waals surface area contributed by atoms with Crippen LogP contribution in [0.4, 0.5) is 0 Å². The lowest BCUT2D eigenvalue weighted by atomic mass is 9.87. The van der Waals surface area contributed by atoms with Crippen LogP contribution >= 0.6 is 0 Å². The Hall–Kier alpha value is -3.91. The highest BCUT2D eigenvalue weighted by Crippen LogP contribution is 2.42. The summed E-state index contributed by atoms with van der Waals surface area (Å²) in [6, 6.07) is 9.21. The molecule has 5 rings (SSSR count). The van der Waals surface area contributed by atoms with Gasteiger partial charge in [-0.25, -0.2) is 9.59 Å². The molecule has 0 radical (unpaired) electrons. The Balaban J connectivity index is 1.44. The Labute approximate surface area is 184 Å². The van der Waals surface area contributed by atoms with E-state index in [1.54, 1.807) is 12.1 Å². The Morgan fingerprint density at radius 3 is 2.21 bits per heavy atom. The number of carboxylic acid groups (broad SMARTS) is 2. The van der Waals surface area contributed by atoms with Gasteiger partial charge in [-0.2, -0.15) is 0 Å². The maximum absolute atomic E-state index is 10.7. The van der Waals surface area contributed by atoms with Gasteiger partial charge in [-0.1, -0.05) is 6.07 Å². The van der Waals surface area contributed by atoms with Crippen molar-refractivity contribution in [2.45, 2.75) is 0 Å². The lowest BCUT2D eigenvalue weighted by Crippen LogP contribution is -2.68. The van der Waals surface area contributed by atoms with Gasteiger partial charge < -0.3 is 46.9 Å². The Morgan fingerprint density at radius 1 is 0.848 bits per heavy atom. The second-order valence-electron chi connectivity index (χ2n) is 7.23. The number of rotatable bonds is 4. The van der Waals surface area contributed by atoms with Crippen LogP contribution in [0.1, 0.15) is 11.1 Å². The SMILES string of the molecule is O=C(O)/C=C/c1ccc2c(c1)O[B-]1(O[BH-](O)O[B-]3(O1)[O+]=c1ccc(/C=C/C(=O)O)cc1=[O+]3)O2. The van der Waals surface area contributed by atoms with Crippen LogP contribution in [-0.2, 0) is 23.3 Å². The van der Waals surface area contributed by atoms with Crippen LogP contribution in [0.25, 0.3) is 12.2 Å². The number of hydrogen-bond acceptors (Lipinski definition) is 8. The minimum atomic E-state index is -3.08. The molecule has 2 spiro atoms. The van der Waals surface area contributed by atoms with E-state index < -0.39 is 33.2 Å². The molecule has 0 bridgehead atoms. The van der Waals surface area contributed by atoms with E-state index in [1.807, 2.05) is 0 Å². The molecular formula is C18H14B3O12-. The van der Waals surface area contributed by atoms with Gasteiger partial charge in [-0.15, -0.1) is 0 Å². The Morgan fingerprint density at radius 2 is 1.48 bits per heavy atom. The van der Waals surface area contributed by atoms with Crippen molar-refractivity contribution in [1.29, 1.82) is 0 Å². The predicted molar refractivity (Wildman–Crippen MR) is 115 cm³/mol. The molecule has 3 heterocycles. The van der Waals surface area contributed by atoms with E-state index in [4.69, 9.17) is 41.9 Å². The van der Waals surface area contributed by atoms with Crippen molar-refractivity contribution in [2.75, 3.05) is 0 Å². The van der Waals surface area contributed by atoms with E-state index >= 15 is 0 Å². The lowest BCUT2D eigenvalue weighted by molar-refractivity contribution is -0.132.